The summed E-state index contributed by atoms with van der Waals surface area (Å²) in [5.41, 5.74) is 5.72. The summed E-state index contributed by atoms with van der Waals surface area (Å²) >= 11 is 0. The van der Waals surface area contributed by atoms with Gasteiger partial charge in [0.25, 0.3) is 0 Å². The molecular formula is C13H24N2O2. The third-order valence-corrected chi connectivity index (χ3v) is 3.74. The van der Waals surface area contributed by atoms with Crippen LogP contribution >= 0.6 is 0 Å². The van der Waals surface area contributed by atoms with Gasteiger partial charge in [0.05, 0.1) is 0 Å². The molecule has 1 saturated carbocycles. The van der Waals surface area contributed by atoms with Crippen LogP contribution in [0.2, 0.25) is 0 Å². The van der Waals surface area contributed by atoms with E-state index in [9.17, 15) is 4.79 Å². The van der Waals surface area contributed by atoms with Crippen molar-refractivity contribution in [2.75, 3.05) is 13.1 Å². The Morgan fingerprint density at radius 1 is 1.29 bits per heavy atom. The standard InChI is InChI=1S/C13H24N2O2/c1-13(2,3)17-12(16)15-7-9-4-5-10(8-15)11(14)6-9/h9-11H,4-8,14H2,1-3H3/t9-,10-,11-/m1/s1. The molecule has 1 amide bonds. The maximum atomic E-state index is 12.1. The van der Waals surface area contributed by atoms with Crippen LogP contribution in [0.5, 0.6) is 0 Å². The lowest BCUT2D eigenvalue weighted by Gasteiger charge is -2.28. The minimum absolute atomic E-state index is 0.177. The molecule has 2 saturated heterocycles. The van der Waals surface area contributed by atoms with E-state index in [4.69, 9.17) is 10.5 Å². The van der Waals surface area contributed by atoms with E-state index < -0.39 is 5.60 Å². The number of nitrogens with zero attached hydrogens (tertiary/aromatic N) is 1. The van der Waals surface area contributed by atoms with Crippen molar-refractivity contribution in [3.05, 3.63) is 0 Å². The number of nitrogens with two attached hydrogens (primary N) is 1. The van der Waals surface area contributed by atoms with Crippen LogP contribution in [0.15, 0.2) is 0 Å². The summed E-state index contributed by atoms with van der Waals surface area (Å²) in [4.78, 5) is 13.9. The van der Waals surface area contributed by atoms with Crippen molar-refractivity contribution in [3.63, 3.8) is 0 Å². The van der Waals surface area contributed by atoms with Crippen LogP contribution in [-0.2, 0) is 4.74 Å². The molecule has 17 heavy (non-hydrogen) atoms. The highest BCUT2D eigenvalue weighted by molar-refractivity contribution is 5.68. The SMILES string of the molecule is CC(C)(C)OC(=O)N1C[C@@H]2CC[C@H](C1)[C@H](N)C2. The highest BCUT2D eigenvalue weighted by Gasteiger charge is 2.37. The number of hydrogen-bond acceptors (Lipinski definition) is 3. The lowest BCUT2D eigenvalue weighted by atomic mass is 9.81. The Bertz CT molecular complexity index is 298. The van der Waals surface area contributed by atoms with Gasteiger partial charge >= 0.3 is 6.09 Å². The molecule has 0 spiro atoms. The third kappa shape index (κ3) is 3.12. The second-order valence-electron chi connectivity index (χ2n) is 6.49. The molecule has 2 heterocycles. The predicted octanol–water partition coefficient (Wildman–Crippen LogP) is 1.98. The van der Waals surface area contributed by atoms with Crippen molar-refractivity contribution in [2.45, 2.75) is 51.7 Å². The summed E-state index contributed by atoms with van der Waals surface area (Å²) in [6, 6.07) is 0.265. The van der Waals surface area contributed by atoms with E-state index in [0.717, 1.165) is 25.9 Å². The lowest BCUT2D eigenvalue weighted by molar-refractivity contribution is 0.0231. The highest BCUT2D eigenvalue weighted by Crippen LogP contribution is 2.33. The quantitative estimate of drug-likeness (QED) is 0.704. The summed E-state index contributed by atoms with van der Waals surface area (Å²) in [6.45, 7) is 7.31. The van der Waals surface area contributed by atoms with Crippen molar-refractivity contribution >= 4 is 6.09 Å². The van der Waals surface area contributed by atoms with Gasteiger partial charge in [0.15, 0.2) is 0 Å². The van der Waals surface area contributed by atoms with Gasteiger partial charge in [-0.05, 0) is 51.9 Å². The van der Waals surface area contributed by atoms with Crippen LogP contribution in [0.3, 0.4) is 0 Å². The number of hydrogen-bond donors (Lipinski definition) is 1. The first-order valence-corrected chi connectivity index (χ1v) is 6.58. The molecule has 4 heteroatoms. The number of rotatable bonds is 0. The van der Waals surface area contributed by atoms with Gasteiger partial charge in [-0.15, -0.1) is 0 Å². The van der Waals surface area contributed by atoms with Crippen LogP contribution in [-0.4, -0.2) is 35.7 Å². The maximum Gasteiger partial charge on any atom is 0.410 e. The number of carbonyl (C=O) groups excluding carboxylic acids is 1. The molecule has 2 N–H and O–H groups in total. The molecule has 0 aromatic carbocycles. The first kappa shape index (κ1) is 12.7. The Hall–Kier alpha value is -0.770. The van der Waals surface area contributed by atoms with Gasteiger partial charge in [-0.3, -0.25) is 0 Å². The number of ether oxygens (including phenoxy) is 1. The van der Waals surface area contributed by atoms with Crippen LogP contribution in [0.25, 0.3) is 0 Å². The fourth-order valence-corrected chi connectivity index (χ4v) is 2.90. The molecule has 0 aromatic heterocycles. The van der Waals surface area contributed by atoms with Gasteiger partial charge < -0.3 is 15.4 Å². The van der Waals surface area contributed by atoms with E-state index in [1.165, 1.54) is 6.42 Å². The minimum atomic E-state index is -0.412. The Morgan fingerprint density at radius 2 is 2.00 bits per heavy atom. The van der Waals surface area contributed by atoms with Crippen LogP contribution < -0.4 is 5.73 Å². The fraction of sp³-hybridized carbons (Fsp3) is 0.923. The largest absolute Gasteiger partial charge is 0.444 e. The molecule has 2 aliphatic heterocycles. The van der Waals surface area contributed by atoms with Gasteiger partial charge in [0.2, 0.25) is 0 Å². The van der Waals surface area contributed by atoms with Crippen molar-refractivity contribution in [3.8, 4) is 0 Å². The van der Waals surface area contributed by atoms with E-state index in [0.29, 0.717) is 11.8 Å². The van der Waals surface area contributed by atoms with Crippen molar-refractivity contribution < 1.29 is 9.53 Å². The Balaban J connectivity index is 2.01. The Labute approximate surface area is 103 Å². The second kappa shape index (κ2) is 4.48. The van der Waals surface area contributed by atoms with E-state index in [2.05, 4.69) is 0 Å². The molecule has 3 fully saturated rings. The van der Waals surface area contributed by atoms with Gasteiger partial charge in [-0.25, -0.2) is 4.79 Å². The summed E-state index contributed by atoms with van der Waals surface area (Å²) in [6.07, 6.45) is 3.25. The zero-order chi connectivity index (χ0) is 12.6. The average molecular weight is 240 g/mol. The molecule has 3 atom stereocenters. The monoisotopic (exact) mass is 240 g/mol. The summed E-state index contributed by atoms with van der Waals surface area (Å²) < 4.78 is 5.44. The first-order valence-electron chi connectivity index (χ1n) is 6.58. The van der Waals surface area contributed by atoms with E-state index in [1.54, 1.807) is 0 Å². The normalized spacial score (nSPS) is 33.4. The van der Waals surface area contributed by atoms with Crippen LogP contribution in [0.1, 0.15) is 40.0 Å². The number of carbonyl (C=O) groups is 1. The number of fused-ring (bicyclic) bond motifs is 4. The smallest absolute Gasteiger partial charge is 0.410 e. The van der Waals surface area contributed by atoms with Crippen molar-refractivity contribution in [1.82, 2.24) is 4.90 Å². The molecular weight excluding hydrogens is 216 g/mol. The van der Waals surface area contributed by atoms with Crippen molar-refractivity contribution in [2.24, 2.45) is 17.6 Å². The molecule has 4 nitrogen and oxygen atoms in total. The summed E-state index contributed by atoms with van der Waals surface area (Å²) in [5.74, 6) is 1.03. The zero-order valence-electron chi connectivity index (χ0n) is 11.1. The topological polar surface area (TPSA) is 55.6 Å². The van der Waals surface area contributed by atoms with Crippen LogP contribution in [0, 0.1) is 11.8 Å². The minimum Gasteiger partial charge on any atom is -0.444 e. The highest BCUT2D eigenvalue weighted by atomic mass is 16.6. The van der Waals surface area contributed by atoms with Crippen molar-refractivity contribution in [1.29, 1.82) is 0 Å². The summed E-state index contributed by atoms with van der Waals surface area (Å²) in [5, 5.41) is 0. The molecule has 0 unspecified atom stereocenters. The molecule has 3 rings (SSSR count). The fourth-order valence-electron chi connectivity index (χ4n) is 2.90. The van der Waals surface area contributed by atoms with E-state index >= 15 is 0 Å². The molecule has 0 aromatic rings. The lowest BCUT2D eigenvalue weighted by Crippen LogP contribution is -2.41. The molecule has 1 aliphatic carbocycles. The average Bonchev–Trinajstić information content (AvgIpc) is 2.45. The number of amides is 1. The zero-order valence-corrected chi connectivity index (χ0v) is 11.1. The Morgan fingerprint density at radius 3 is 2.59 bits per heavy atom. The molecule has 3 aliphatic rings. The van der Waals surface area contributed by atoms with Gasteiger partial charge in [-0.2, -0.15) is 0 Å². The van der Waals surface area contributed by atoms with E-state index in [-0.39, 0.29) is 12.1 Å². The summed E-state index contributed by atoms with van der Waals surface area (Å²) in [7, 11) is 0. The van der Waals surface area contributed by atoms with Crippen LogP contribution in [0.4, 0.5) is 4.79 Å². The maximum absolute atomic E-state index is 12.1. The predicted molar refractivity (Wildman–Crippen MR) is 66.6 cm³/mol. The molecule has 98 valence electrons. The van der Waals surface area contributed by atoms with Gasteiger partial charge in [-0.1, -0.05) is 0 Å². The van der Waals surface area contributed by atoms with Gasteiger partial charge in [0.1, 0.15) is 5.60 Å². The third-order valence-electron chi connectivity index (χ3n) is 3.74. The Kier molecular flexibility index (Phi) is 3.34. The molecule has 2 bridgehead atoms. The van der Waals surface area contributed by atoms with Gasteiger partial charge in [0, 0.05) is 19.1 Å². The molecule has 0 radical (unpaired) electrons. The van der Waals surface area contributed by atoms with E-state index in [1.807, 2.05) is 25.7 Å². The second-order valence-corrected chi connectivity index (χ2v) is 6.49. The first-order chi connectivity index (χ1) is 7.85.